The van der Waals surface area contributed by atoms with Crippen LogP contribution in [0.4, 0.5) is 4.39 Å². The predicted octanol–water partition coefficient (Wildman–Crippen LogP) is 7.56. The van der Waals surface area contributed by atoms with E-state index in [9.17, 15) is 5.11 Å². The summed E-state index contributed by atoms with van der Waals surface area (Å²) >= 11 is 0. The van der Waals surface area contributed by atoms with Crippen molar-refractivity contribution in [2.45, 2.75) is 111 Å². The summed E-state index contributed by atoms with van der Waals surface area (Å²) in [6.07, 6.45) is 5.47. The third-order valence-corrected chi connectivity index (χ3v) is 9.53. The van der Waals surface area contributed by atoms with Crippen LogP contribution in [-0.2, 0) is 14.8 Å². The van der Waals surface area contributed by atoms with Crippen molar-refractivity contribution < 1.29 is 23.6 Å². The first-order chi connectivity index (χ1) is 18.3. The van der Waals surface area contributed by atoms with Crippen LogP contribution >= 0.6 is 0 Å². The van der Waals surface area contributed by atoms with Crippen molar-refractivity contribution in [3.05, 3.63) is 47.8 Å². The van der Waals surface area contributed by atoms with Crippen molar-refractivity contribution >= 4 is 12.9 Å². The van der Waals surface area contributed by atoms with Crippen molar-refractivity contribution in [3.63, 3.8) is 0 Å². The van der Waals surface area contributed by atoms with Gasteiger partial charge in [-0.2, -0.15) is 0 Å². The van der Waals surface area contributed by atoms with E-state index in [0.29, 0.717) is 11.3 Å². The highest BCUT2D eigenvalue weighted by molar-refractivity contribution is 6.49. The molecule has 4 nitrogen and oxygen atoms in total. The van der Waals surface area contributed by atoms with Gasteiger partial charge in [-0.05, 0) is 105 Å². The van der Waals surface area contributed by atoms with E-state index < -0.39 is 11.2 Å². The fourth-order valence-electron chi connectivity index (χ4n) is 8.63. The van der Waals surface area contributed by atoms with Crippen LogP contribution in [0.15, 0.2) is 36.4 Å². The molecule has 0 aromatic heterocycles. The van der Waals surface area contributed by atoms with Crippen LogP contribution in [0.2, 0.25) is 0 Å². The van der Waals surface area contributed by atoms with Gasteiger partial charge in [-0.15, -0.1) is 0 Å². The lowest BCUT2D eigenvalue weighted by Crippen LogP contribution is -2.51. The lowest BCUT2D eigenvalue weighted by Gasteiger charge is -2.61. The van der Waals surface area contributed by atoms with E-state index in [2.05, 4.69) is 34.6 Å². The van der Waals surface area contributed by atoms with E-state index in [4.69, 9.17) is 14.1 Å². The van der Waals surface area contributed by atoms with Crippen molar-refractivity contribution in [2.75, 3.05) is 13.9 Å². The largest absolute Gasteiger partial charge is 0.467 e. The lowest BCUT2D eigenvalue weighted by molar-refractivity contribution is -0.0893. The summed E-state index contributed by atoms with van der Waals surface area (Å²) < 4.78 is 33.5. The molecule has 219 valence electrons. The van der Waals surface area contributed by atoms with E-state index in [1.807, 2.05) is 38.1 Å². The molecule has 40 heavy (non-hydrogen) atoms. The average Bonchev–Trinajstić information content (AvgIpc) is 2.78. The van der Waals surface area contributed by atoms with Gasteiger partial charge >= 0.3 is 7.48 Å². The Kier molecular flexibility index (Phi) is 8.10. The van der Waals surface area contributed by atoms with Crippen molar-refractivity contribution in [1.82, 2.24) is 0 Å². The van der Waals surface area contributed by atoms with Crippen LogP contribution in [0, 0.1) is 22.1 Å². The smallest absolute Gasteiger partial charge is 0.331 e. The Morgan fingerprint density at radius 2 is 1.48 bits per heavy atom. The third-order valence-electron chi connectivity index (χ3n) is 9.53. The fraction of sp³-hybridized carbons (Fsp3) is 0.647. The zero-order valence-electron chi connectivity index (χ0n) is 26.3. The molecule has 2 bridgehead atoms. The molecule has 2 aromatic rings. The zero-order valence-corrected chi connectivity index (χ0v) is 26.3. The van der Waals surface area contributed by atoms with Gasteiger partial charge in [0, 0.05) is 18.2 Å². The van der Waals surface area contributed by atoms with E-state index in [1.165, 1.54) is 6.42 Å². The number of hydrogen-bond donors (Lipinski definition) is 1. The second-order valence-electron chi connectivity index (χ2n) is 15.5. The second-order valence-corrected chi connectivity index (χ2v) is 15.5. The highest BCUT2D eigenvalue weighted by Gasteiger charge is 2.56. The first-order valence-corrected chi connectivity index (χ1v) is 14.6. The molecule has 0 amide bonds. The average molecular weight is 552 g/mol. The lowest BCUT2D eigenvalue weighted by atomic mass is 9.44. The quantitative estimate of drug-likeness (QED) is 0.258. The second kappa shape index (κ2) is 10.4. The molecule has 6 heteroatoms. The predicted molar refractivity (Wildman–Crippen MR) is 162 cm³/mol. The van der Waals surface area contributed by atoms with Crippen molar-refractivity contribution in [2.24, 2.45) is 16.2 Å². The number of aliphatic hydroxyl groups is 1. The van der Waals surface area contributed by atoms with Gasteiger partial charge in [-0.3, -0.25) is 0 Å². The van der Waals surface area contributed by atoms with E-state index >= 15 is 4.39 Å². The SMILES string of the molecule is COCOc1c(-c2ccccc2[B]OC(C)(C)C(C)(C)O)cc(F)cc1C1(C)CC2(C)CC(C)(C)CC(C)(C2)C1. The molecule has 0 heterocycles. The molecule has 2 aliphatic carbocycles. The van der Waals surface area contributed by atoms with Gasteiger partial charge in [0.1, 0.15) is 11.6 Å². The summed E-state index contributed by atoms with van der Waals surface area (Å²) in [5.74, 6) is 0.384. The Morgan fingerprint density at radius 3 is 2.05 bits per heavy atom. The molecule has 2 aliphatic rings. The van der Waals surface area contributed by atoms with E-state index in [1.54, 1.807) is 40.6 Å². The Morgan fingerprint density at radius 1 is 0.875 bits per heavy atom. The first-order valence-electron chi connectivity index (χ1n) is 14.6. The van der Waals surface area contributed by atoms with Gasteiger partial charge in [-0.1, -0.05) is 58.9 Å². The van der Waals surface area contributed by atoms with Gasteiger partial charge in [0.05, 0.1) is 11.2 Å². The number of rotatable bonds is 9. The maximum Gasteiger partial charge on any atom is 0.331 e. The highest BCUT2D eigenvalue weighted by atomic mass is 19.1. The molecule has 0 spiro atoms. The molecular weight excluding hydrogens is 502 g/mol. The fourth-order valence-corrected chi connectivity index (χ4v) is 8.63. The Hall–Kier alpha value is -1.89. The molecule has 0 saturated heterocycles. The molecular formula is C34H49BFO4. The summed E-state index contributed by atoms with van der Waals surface area (Å²) in [7, 11) is 3.27. The molecule has 0 aliphatic heterocycles. The van der Waals surface area contributed by atoms with Gasteiger partial charge in [0.2, 0.25) is 0 Å². The molecule has 2 aromatic carbocycles. The number of fused-ring (bicyclic) bond motifs is 2. The Labute approximate surface area is 242 Å². The van der Waals surface area contributed by atoms with Crippen LogP contribution in [0.25, 0.3) is 11.1 Å². The van der Waals surface area contributed by atoms with Crippen molar-refractivity contribution in [1.29, 1.82) is 0 Å². The summed E-state index contributed by atoms with van der Waals surface area (Å²) in [6, 6.07) is 11.0. The van der Waals surface area contributed by atoms with Gasteiger partial charge in [-0.25, -0.2) is 4.39 Å². The molecule has 2 fully saturated rings. The standard InChI is InChI=1S/C34H49BFO4/c1-29(2)17-32(7)19-33(8,18-29)21-34(9,20-32)26-16-23(36)15-25(28(26)39-22-38-10)24-13-11-12-14-27(24)35-40-31(5,6)30(3,4)37/h11-16,37H,17-22H2,1-10H3. The van der Waals surface area contributed by atoms with Crippen LogP contribution in [0.1, 0.15) is 100.0 Å². The van der Waals surface area contributed by atoms with Crippen LogP contribution < -0.4 is 10.2 Å². The summed E-state index contributed by atoms with van der Waals surface area (Å²) in [6.45, 7) is 19.2. The van der Waals surface area contributed by atoms with Crippen molar-refractivity contribution in [3.8, 4) is 16.9 Å². The third kappa shape index (κ3) is 6.29. The molecule has 2 unspecified atom stereocenters. The minimum atomic E-state index is -1.06. The molecule has 2 atom stereocenters. The van der Waals surface area contributed by atoms with Crippen LogP contribution in [0.3, 0.4) is 0 Å². The summed E-state index contributed by atoms with van der Waals surface area (Å²) in [5.41, 5.74) is 1.62. The maximum absolute atomic E-state index is 15.6. The van der Waals surface area contributed by atoms with Crippen LogP contribution in [0.5, 0.6) is 5.75 Å². The molecule has 4 rings (SSSR count). The number of hydrogen-bond acceptors (Lipinski definition) is 4. The number of benzene rings is 2. The van der Waals surface area contributed by atoms with Gasteiger partial charge < -0.3 is 19.2 Å². The van der Waals surface area contributed by atoms with E-state index in [-0.39, 0.29) is 34.3 Å². The highest BCUT2D eigenvalue weighted by Crippen LogP contribution is 2.66. The first kappa shape index (κ1) is 31.1. The minimum absolute atomic E-state index is 0.0669. The molecule has 1 N–H and O–H groups in total. The maximum atomic E-state index is 15.6. The minimum Gasteiger partial charge on any atom is -0.467 e. The summed E-state index contributed by atoms with van der Waals surface area (Å²) in [5, 5.41) is 10.6. The topological polar surface area (TPSA) is 47.9 Å². The van der Waals surface area contributed by atoms with E-state index in [0.717, 1.165) is 42.3 Å². The monoisotopic (exact) mass is 551 g/mol. The molecule has 2 saturated carbocycles. The number of methoxy groups -OCH3 is 1. The Bertz CT molecular complexity index is 1200. The zero-order chi connectivity index (χ0) is 29.8. The van der Waals surface area contributed by atoms with Crippen LogP contribution in [-0.4, -0.2) is 37.7 Å². The summed E-state index contributed by atoms with van der Waals surface area (Å²) in [4.78, 5) is 0. The Balaban J connectivity index is 1.83. The molecule has 1 radical (unpaired) electrons. The normalized spacial score (nSPS) is 28.3. The van der Waals surface area contributed by atoms with Gasteiger partial charge in [0.25, 0.3) is 0 Å². The number of ether oxygens (including phenoxy) is 2. The van der Waals surface area contributed by atoms with Gasteiger partial charge in [0.15, 0.2) is 6.79 Å². The number of halogens is 1.